The van der Waals surface area contributed by atoms with Crippen LogP contribution in [-0.2, 0) is 9.47 Å². The van der Waals surface area contributed by atoms with E-state index in [-0.39, 0.29) is 0 Å². The van der Waals surface area contributed by atoms with Gasteiger partial charge in [-0.3, -0.25) is 0 Å². The normalized spacial score (nSPS) is 30.2. The van der Waals surface area contributed by atoms with E-state index in [0.29, 0.717) is 5.56 Å². The van der Waals surface area contributed by atoms with Gasteiger partial charge < -0.3 is 24.8 Å². The molecule has 0 bridgehead atoms. The Morgan fingerprint density at radius 1 is 1.12 bits per heavy atom. The molecule has 3 unspecified atom stereocenters. The molecule has 3 rings (SSSR count). The van der Waals surface area contributed by atoms with Gasteiger partial charge in [0.25, 0.3) is 0 Å². The Morgan fingerprint density at radius 3 is 2.54 bits per heavy atom. The molecule has 1 fully saturated rings. The Kier molecular flexibility index (Phi) is 4.82. The van der Waals surface area contributed by atoms with E-state index < -0.39 is 43.1 Å². The van der Waals surface area contributed by atoms with Crippen molar-refractivity contribution in [2.75, 3.05) is 6.61 Å². The third-order valence-corrected chi connectivity index (χ3v) is 4.33. The van der Waals surface area contributed by atoms with Gasteiger partial charge in [-0.1, -0.05) is 30.3 Å². The first-order valence-electron chi connectivity index (χ1n) is 7.83. The first-order chi connectivity index (χ1) is 11.5. The van der Waals surface area contributed by atoms with Crippen LogP contribution < -0.4 is 0 Å². The molecular formula is C18H20O6. The molecule has 24 heavy (non-hydrogen) atoms. The van der Waals surface area contributed by atoms with E-state index in [1.807, 2.05) is 30.3 Å². The van der Waals surface area contributed by atoms with Crippen molar-refractivity contribution >= 4 is 16.7 Å². The summed E-state index contributed by atoms with van der Waals surface area (Å²) in [6, 6.07) is 12.7. The number of ether oxygens (including phenoxy) is 2. The number of fused-ring (bicyclic) bond motifs is 1. The second-order valence-corrected chi connectivity index (χ2v) is 5.98. The number of carbonyl (C=O) groups excluding carboxylic acids is 1. The van der Waals surface area contributed by atoms with Crippen LogP contribution in [0.15, 0.2) is 42.5 Å². The predicted octanol–water partition coefficient (Wildman–Crippen LogP) is 0.867. The zero-order chi connectivity index (χ0) is 17.3. The van der Waals surface area contributed by atoms with Crippen molar-refractivity contribution in [1.82, 2.24) is 0 Å². The largest absolute Gasteiger partial charge is 0.453 e. The van der Waals surface area contributed by atoms with E-state index >= 15 is 0 Å². The van der Waals surface area contributed by atoms with Gasteiger partial charge in [0.05, 0.1) is 18.3 Å². The van der Waals surface area contributed by atoms with Crippen molar-refractivity contribution in [1.29, 1.82) is 0 Å². The Morgan fingerprint density at radius 2 is 1.83 bits per heavy atom. The van der Waals surface area contributed by atoms with Crippen LogP contribution in [0.1, 0.15) is 17.3 Å². The van der Waals surface area contributed by atoms with Crippen LogP contribution in [0, 0.1) is 0 Å². The highest BCUT2D eigenvalue weighted by atomic mass is 16.6. The molecule has 6 nitrogen and oxygen atoms in total. The van der Waals surface area contributed by atoms with Crippen molar-refractivity contribution in [2.24, 2.45) is 0 Å². The Labute approximate surface area is 139 Å². The van der Waals surface area contributed by atoms with Gasteiger partial charge in [-0.2, -0.15) is 0 Å². The Balaban J connectivity index is 1.81. The third kappa shape index (κ3) is 3.14. The molecule has 5 atom stereocenters. The van der Waals surface area contributed by atoms with Crippen LogP contribution in [-0.4, -0.2) is 58.4 Å². The summed E-state index contributed by atoms with van der Waals surface area (Å²) in [5, 5.41) is 31.4. The molecule has 2 aromatic carbocycles. The summed E-state index contributed by atoms with van der Waals surface area (Å²) in [6.07, 6.45) is -5.21. The molecule has 0 aliphatic carbocycles. The first-order valence-corrected chi connectivity index (χ1v) is 7.83. The summed E-state index contributed by atoms with van der Waals surface area (Å²) in [7, 11) is 0. The lowest BCUT2D eigenvalue weighted by molar-refractivity contribution is -0.224. The Bertz CT molecular complexity index is 730. The molecule has 6 heteroatoms. The zero-order valence-corrected chi connectivity index (χ0v) is 13.2. The van der Waals surface area contributed by atoms with Crippen LogP contribution in [0.2, 0.25) is 0 Å². The fourth-order valence-electron chi connectivity index (χ4n) is 2.92. The number of aliphatic hydroxyl groups excluding tert-OH is 3. The predicted molar refractivity (Wildman–Crippen MR) is 86.6 cm³/mol. The fourth-order valence-corrected chi connectivity index (χ4v) is 2.92. The molecule has 1 heterocycles. The van der Waals surface area contributed by atoms with Crippen molar-refractivity contribution in [3.63, 3.8) is 0 Å². The van der Waals surface area contributed by atoms with Crippen LogP contribution >= 0.6 is 0 Å². The van der Waals surface area contributed by atoms with E-state index in [4.69, 9.17) is 9.47 Å². The maximum Gasteiger partial charge on any atom is 0.338 e. The van der Waals surface area contributed by atoms with E-state index in [1.165, 1.54) is 0 Å². The third-order valence-electron chi connectivity index (χ3n) is 4.33. The summed E-state index contributed by atoms with van der Waals surface area (Å²) < 4.78 is 10.6. The lowest BCUT2D eigenvalue weighted by atomic mass is 9.95. The van der Waals surface area contributed by atoms with Gasteiger partial charge >= 0.3 is 5.97 Å². The minimum atomic E-state index is -1.30. The Hall–Kier alpha value is -1.99. The topological polar surface area (TPSA) is 96.2 Å². The minimum Gasteiger partial charge on any atom is -0.453 e. The van der Waals surface area contributed by atoms with Crippen LogP contribution in [0.5, 0.6) is 0 Å². The van der Waals surface area contributed by atoms with Crippen LogP contribution in [0.25, 0.3) is 10.8 Å². The van der Waals surface area contributed by atoms with Crippen molar-refractivity contribution in [3.05, 3.63) is 48.0 Å². The van der Waals surface area contributed by atoms with Gasteiger partial charge in [0.15, 0.2) is 6.10 Å². The molecule has 0 amide bonds. The lowest BCUT2D eigenvalue weighted by Gasteiger charge is -2.40. The molecule has 0 spiro atoms. The van der Waals surface area contributed by atoms with Gasteiger partial charge in [-0.15, -0.1) is 0 Å². The second kappa shape index (κ2) is 6.86. The highest BCUT2D eigenvalue weighted by molar-refractivity contribution is 5.95. The molecule has 0 saturated carbocycles. The maximum absolute atomic E-state index is 12.4. The van der Waals surface area contributed by atoms with Crippen molar-refractivity contribution < 1.29 is 29.6 Å². The van der Waals surface area contributed by atoms with E-state index in [0.717, 1.165) is 10.8 Å². The molecule has 1 aliphatic rings. The summed E-state index contributed by atoms with van der Waals surface area (Å²) in [5.74, 6) is -0.644. The SMILES string of the molecule is C[C@@H]1OC(CO)[C@H](O)C(OC(=O)c2ccc3ccccc3c2)C1O. The maximum atomic E-state index is 12.4. The highest BCUT2D eigenvalue weighted by Crippen LogP contribution is 2.25. The smallest absolute Gasteiger partial charge is 0.338 e. The van der Waals surface area contributed by atoms with Gasteiger partial charge in [0, 0.05) is 0 Å². The van der Waals surface area contributed by atoms with Gasteiger partial charge in [-0.25, -0.2) is 4.79 Å². The lowest BCUT2D eigenvalue weighted by Crippen LogP contribution is -2.59. The van der Waals surface area contributed by atoms with E-state index in [1.54, 1.807) is 19.1 Å². The number of hydrogen-bond acceptors (Lipinski definition) is 6. The molecule has 128 valence electrons. The molecule has 0 radical (unpaired) electrons. The number of benzene rings is 2. The van der Waals surface area contributed by atoms with Crippen LogP contribution in [0.4, 0.5) is 0 Å². The van der Waals surface area contributed by atoms with Gasteiger partial charge in [0.2, 0.25) is 0 Å². The monoisotopic (exact) mass is 332 g/mol. The number of carbonyl (C=O) groups is 1. The van der Waals surface area contributed by atoms with Crippen LogP contribution in [0.3, 0.4) is 0 Å². The molecule has 3 N–H and O–H groups in total. The molecule has 0 aromatic heterocycles. The van der Waals surface area contributed by atoms with Crippen molar-refractivity contribution in [2.45, 2.75) is 37.4 Å². The summed E-state index contributed by atoms with van der Waals surface area (Å²) in [6.45, 7) is 1.16. The molecule has 1 saturated heterocycles. The quantitative estimate of drug-likeness (QED) is 0.722. The van der Waals surface area contributed by atoms with E-state index in [2.05, 4.69) is 0 Å². The number of rotatable bonds is 3. The molecular weight excluding hydrogens is 312 g/mol. The molecule has 1 aliphatic heterocycles. The first kappa shape index (κ1) is 16.9. The summed E-state index contributed by atoms with van der Waals surface area (Å²) in [5.41, 5.74) is 0.327. The molecule has 2 aromatic rings. The van der Waals surface area contributed by atoms with E-state index in [9.17, 15) is 20.1 Å². The highest BCUT2D eigenvalue weighted by Gasteiger charge is 2.44. The standard InChI is InChI=1S/C18H20O6/c1-10-15(20)17(16(21)14(9-19)23-10)24-18(22)13-7-6-11-4-2-3-5-12(11)8-13/h2-8,10,14-17,19-21H,9H2,1H3/t10-,14?,15?,16-,17?/m0/s1. The number of esters is 1. The number of aliphatic hydroxyl groups is 3. The minimum absolute atomic E-state index is 0.327. The van der Waals surface area contributed by atoms with Gasteiger partial charge in [0.1, 0.15) is 18.3 Å². The summed E-state index contributed by atoms with van der Waals surface area (Å²) in [4.78, 5) is 12.4. The number of hydrogen-bond donors (Lipinski definition) is 3. The second-order valence-electron chi connectivity index (χ2n) is 5.98. The average molecular weight is 332 g/mol. The fraction of sp³-hybridized carbons (Fsp3) is 0.389. The zero-order valence-electron chi connectivity index (χ0n) is 13.2. The average Bonchev–Trinajstić information content (AvgIpc) is 2.61. The summed E-state index contributed by atoms with van der Waals surface area (Å²) >= 11 is 0. The van der Waals surface area contributed by atoms with Gasteiger partial charge in [-0.05, 0) is 29.8 Å². The van der Waals surface area contributed by atoms with Crippen molar-refractivity contribution in [3.8, 4) is 0 Å².